The van der Waals surface area contributed by atoms with Gasteiger partial charge in [-0.3, -0.25) is 0 Å². The Balaban J connectivity index is 3.71. The minimum Gasteiger partial charge on any atom is -0.376 e. The molecule has 0 aliphatic carbocycles. The Morgan fingerprint density at radius 3 is 1.58 bits per heavy atom. The molecule has 0 N–H and O–H groups in total. The Morgan fingerprint density at radius 2 is 1.11 bits per heavy atom. The number of ether oxygens (including phenoxy) is 2. The molecule has 0 aliphatic rings. The molecule has 0 atom stereocenters. The molecule has 19 heavy (non-hydrogen) atoms. The summed E-state index contributed by atoms with van der Waals surface area (Å²) in [5, 5.41) is 0. The van der Waals surface area contributed by atoms with Crippen molar-refractivity contribution < 1.29 is 9.47 Å². The summed E-state index contributed by atoms with van der Waals surface area (Å²) in [6.45, 7) is 10.0. The minimum atomic E-state index is -0.0876. The van der Waals surface area contributed by atoms with Gasteiger partial charge in [0, 0.05) is 25.0 Å². The fraction of sp³-hybridized carbons (Fsp3) is 1.00. The standard InChI is InChI=1S/C15H30Cl2O2/c1-14(2,8-5-10-16)18-12-6-9-15(3,4)19-13-7-11-17/h5-13H2,1-4H3. The van der Waals surface area contributed by atoms with Gasteiger partial charge in [0.05, 0.1) is 11.2 Å². The van der Waals surface area contributed by atoms with Crippen LogP contribution in [0.5, 0.6) is 0 Å². The highest BCUT2D eigenvalue weighted by Crippen LogP contribution is 2.20. The first kappa shape index (κ1) is 19.5. The van der Waals surface area contributed by atoms with Crippen LogP contribution in [0.1, 0.15) is 59.8 Å². The van der Waals surface area contributed by atoms with E-state index >= 15 is 0 Å². The average Bonchev–Trinajstić information content (AvgIpc) is 2.33. The van der Waals surface area contributed by atoms with Gasteiger partial charge in [0.1, 0.15) is 0 Å². The fourth-order valence-corrected chi connectivity index (χ4v) is 2.13. The van der Waals surface area contributed by atoms with Crippen molar-refractivity contribution in [3.05, 3.63) is 0 Å². The van der Waals surface area contributed by atoms with Crippen molar-refractivity contribution in [2.24, 2.45) is 0 Å². The third-order valence-corrected chi connectivity index (χ3v) is 3.63. The van der Waals surface area contributed by atoms with E-state index in [1.54, 1.807) is 0 Å². The molecule has 0 heterocycles. The van der Waals surface area contributed by atoms with Crippen LogP contribution in [0.15, 0.2) is 0 Å². The van der Waals surface area contributed by atoms with Crippen molar-refractivity contribution in [3.63, 3.8) is 0 Å². The third-order valence-electron chi connectivity index (χ3n) is 3.10. The second-order valence-electron chi connectivity index (χ2n) is 6.15. The Hall–Kier alpha value is 0.500. The maximum atomic E-state index is 5.92. The second-order valence-corrected chi connectivity index (χ2v) is 6.91. The molecule has 0 rings (SSSR count). The molecule has 0 saturated carbocycles. The van der Waals surface area contributed by atoms with Crippen LogP contribution in [0, 0.1) is 0 Å². The summed E-state index contributed by atoms with van der Waals surface area (Å²) in [5.41, 5.74) is -0.159. The van der Waals surface area contributed by atoms with Crippen LogP contribution < -0.4 is 0 Å². The number of hydrogen-bond donors (Lipinski definition) is 0. The highest BCUT2D eigenvalue weighted by Gasteiger charge is 2.20. The Morgan fingerprint density at radius 1 is 0.684 bits per heavy atom. The number of hydrogen-bond acceptors (Lipinski definition) is 2. The van der Waals surface area contributed by atoms with E-state index in [9.17, 15) is 0 Å². The van der Waals surface area contributed by atoms with Gasteiger partial charge >= 0.3 is 0 Å². The molecule has 0 amide bonds. The molecule has 116 valence electrons. The molecule has 4 heteroatoms. The lowest BCUT2D eigenvalue weighted by Gasteiger charge is -2.28. The lowest BCUT2D eigenvalue weighted by atomic mass is 10.0. The highest BCUT2D eigenvalue weighted by atomic mass is 35.5. The van der Waals surface area contributed by atoms with Crippen LogP contribution >= 0.6 is 23.2 Å². The third kappa shape index (κ3) is 12.0. The number of halogens is 2. The summed E-state index contributed by atoms with van der Waals surface area (Å²) < 4.78 is 11.7. The van der Waals surface area contributed by atoms with Gasteiger partial charge in [0.25, 0.3) is 0 Å². The van der Waals surface area contributed by atoms with E-state index < -0.39 is 0 Å². The van der Waals surface area contributed by atoms with Gasteiger partial charge in [-0.2, -0.15) is 0 Å². The van der Waals surface area contributed by atoms with Crippen LogP contribution in [0.4, 0.5) is 0 Å². The van der Waals surface area contributed by atoms with Crippen molar-refractivity contribution in [3.8, 4) is 0 Å². The van der Waals surface area contributed by atoms with Gasteiger partial charge in [-0.15, -0.1) is 23.2 Å². The molecular weight excluding hydrogens is 283 g/mol. The quantitative estimate of drug-likeness (QED) is 0.373. The normalized spacial score (nSPS) is 12.9. The van der Waals surface area contributed by atoms with Gasteiger partial charge in [-0.1, -0.05) is 0 Å². The Labute approximate surface area is 129 Å². The van der Waals surface area contributed by atoms with Crippen molar-refractivity contribution in [2.45, 2.75) is 71.0 Å². The lowest BCUT2D eigenvalue weighted by Crippen LogP contribution is -2.28. The van der Waals surface area contributed by atoms with Gasteiger partial charge < -0.3 is 9.47 Å². The first-order valence-corrected chi connectivity index (χ1v) is 8.30. The first-order chi connectivity index (χ1) is 8.83. The van der Waals surface area contributed by atoms with E-state index in [1.165, 1.54) is 0 Å². The minimum absolute atomic E-state index is 0.0709. The smallest absolute Gasteiger partial charge is 0.0627 e. The highest BCUT2D eigenvalue weighted by molar-refractivity contribution is 6.18. The molecule has 0 aromatic rings. The summed E-state index contributed by atoms with van der Waals surface area (Å²) in [6.07, 6.45) is 4.93. The van der Waals surface area contributed by atoms with E-state index in [2.05, 4.69) is 27.7 Å². The van der Waals surface area contributed by atoms with E-state index in [0.29, 0.717) is 11.8 Å². The molecule has 0 aromatic heterocycles. The number of rotatable bonds is 12. The summed E-state index contributed by atoms with van der Waals surface area (Å²) in [7, 11) is 0. The molecule has 0 saturated heterocycles. The van der Waals surface area contributed by atoms with Crippen molar-refractivity contribution in [1.82, 2.24) is 0 Å². The van der Waals surface area contributed by atoms with E-state index in [1.807, 2.05) is 0 Å². The van der Waals surface area contributed by atoms with Crippen LogP contribution in [0.2, 0.25) is 0 Å². The number of alkyl halides is 2. The monoisotopic (exact) mass is 312 g/mol. The summed E-state index contributed by atoms with van der Waals surface area (Å²) in [5.74, 6) is 1.36. The van der Waals surface area contributed by atoms with Gasteiger partial charge in [-0.25, -0.2) is 0 Å². The van der Waals surface area contributed by atoms with Gasteiger partial charge in [-0.05, 0) is 59.8 Å². The molecule has 2 nitrogen and oxygen atoms in total. The zero-order valence-corrected chi connectivity index (χ0v) is 14.4. The second kappa shape index (κ2) is 10.3. The summed E-state index contributed by atoms with van der Waals surface area (Å²) >= 11 is 11.3. The SMILES string of the molecule is CC(C)(CCCCl)OCCCC(C)(C)OCCCCl. The van der Waals surface area contributed by atoms with Crippen LogP contribution in [-0.4, -0.2) is 36.2 Å². The first-order valence-electron chi connectivity index (χ1n) is 7.23. The lowest BCUT2D eigenvalue weighted by molar-refractivity contribution is -0.0504. The molecule has 0 spiro atoms. The van der Waals surface area contributed by atoms with E-state index in [0.717, 1.165) is 45.3 Å². The van der Waals surface area contributed by atoms with Crippen LogP contribution in [0.3, 0.4) is 0 Å². The zero-order chi connectivity index (χ0) is 14.8. The molecule has 0 unspecified atom stereocenters. The van der Waals surface area contributed by atoms with E-state index in [4.69, 9.17) is 32.7 Å². The van der Waals surface area contributed by atoms with Crippen molar-refractivity contribution >= 4 is 23.2 Å². The maximum Gasteiger partial charge on any atom is 0.0627 e. The molecule has 0 fully saturated rings. The summed E-state index contributed by atoms with van der Waals surface area (Å²) in [6, 6.07) is 0. The van der Waals surface area contributed by atoms with Crippen LogP contribution in [0.25, 0.3) is 0 Å². The largest absolute Gasteiger partial charge is 0.376 e. The predicted molar refractivity (Wildman–Crippen MR) is 84.6 cm³/mol. The molecular formula is C15H30Cl2O2. The topological polar surface area (TPSA) is 18.5 Å². The molecule has 0 radical (unpaired) electrons. The fourth-order valence-electron chi connectivity index (χ4n) is 1.89. The van der Waals surface area contributed by atoms with Gasteiger partial charge in [0.2, 0.25) is 0 Å². The Bertz CT molecular complexity index is 218. The van der Waals surface area contributed by atoms with Crippen LogP contribution in [-0.2, 0) is 9.47 Å². The zero-order valence-electron chi connectivity index (χ0n) is 12.9. The molecule has 0 aliphatic heterocycles. The molecule has 0 aromatic carbocycles. The molecule has 0 bridgehead atoms. The summed E-state index contributed by atoms with van der Waals surface area (Å²) in [4.78, 5) is 0. The van der Waals surface area contributed by atoms with Gasteiger partial charge in [0.15, 0.2) is 0 Å². The predicted octanol–water partition coefficient (Wildman–Crippen LogP) is 5.00. The average molecular weight is 313 g/mol. The van der Waals surface area contributed by atoms with Crippen molar-refractivity contribution in [2.75, 3.05) is 25.0 Å². The van der Waals surface area contributed by atoms with Crippen molar-refractivity contribution in [1.29, 1.82) is 0 Å². The van der Waals surface area contributed by atoms with E-state index in [-0.39, 0.29) is 11.2 Å². The Kier molecular flexibility index (Phi) is 10.5. The maximum absolute atomic E-state index is 5.92.